The Labute approximate surface area is 149 Å². The van der Waals surface area contributed by atoms with Crippen LogP contribution in [0.5, 0.6) is 0 Å². The van der Waals surface area contributed by atoms with Crippen molar-refractivity contribution in [1.29, 1.82) is 0 Å². The van der Waals surface area contributed by atoms with Crippen molar-refractivity contribution in [2.45, 2.75) is 52.5 Å². The Kier molecular flexibility index (Phi) is 4.39. The number of amides is 2. The van der Waals surface area contributed by atoms with Gasteiger partial charge in [0.05, 0.1) is 6.04 Å². The van der Waals surface area contributed by atoms with Crippen LogP contribution in [0.3, 0.4) is 0 Å². The Bertz CT molecular complexity index is 656. The average Bonchev–Trinajstić information content (AvgIpc) is 2.81. The van der Waals surface area contributed by atoms with Crippen LogP contribution in [0, 0.1) is 22.7 Å². The highest BCUT2D eigenvalue weighted by atomic mass is 19.4. The number of aliphatic carboxylic acids is 1. The zero-order valence-corrected chi connectivity index (χ0v) is 15.3. The highest BCUT2D eigenvalue weighted by Gasteiger charge is 2.73. The van der Waals surface area contributed by atoms with Gasteiger partial charge in [-0.05, 0) is 17.3 Å². The van der Waals surface area contributed by atoms with E-state index in [0.717, 1.165) is 4.90 Å². The van der Waals surface area contributed by atoms with Crippen molar-refractivity contribution in [3.05, 3.63) is 0 Å². The van der Waals surface area contributed by atoms with Gasteiger partial charge in [0.15, 0.2) is 5.66 Å². The molecule has 10 heteroatoms. The van der Waals surface area contributed by atoms with Gasteiger partial charge in [0, 0.05) is 12.0 Å². The smallest absolute Gasteiger partial charge is 0.471 e. The quantitative estimate of drug-likeness (QED) is 0.673. The summed E-state index contributed by atoms with van der Waals surface area (Å²) < 4.78 is 38.6. The molecule has 4 N–H and O–H groups in total. The number of carbonyl (C=O) groups is 3. The molecule has 1 saturated carbocycles. The predicted molar refractivity (Wildman–Crippen MR) is 84.5 cm³/mol. The number of likely N-dealkylation sites (tertiary alicyclic amines) is 1. The molecule has 2 aliphatic rings. The maximum Gasteiger partial charge on any atom is 0.471 e. The summed E-state index contributed by atoms with van der Waals surface area (Å²) in [5.41, 5.74) is 1.39. The third-order valence-corrected chi connectivity index (χ3v) is 5.88. The SMILES string of the molecule is CC1(C)C2CN([C@@](NC(=O)C(F)(F)F)(C(=O)O)C(C)(C)C)C(C(N)=O)C21. The molecule has 4 atom stereocenters. The molecule has 26 heavy (non-hydrogen) atoms. The molecule has 2 amide bonds. The van der Waals surface area contributed by atoms with Crippen molar-refractivity contribution in [1.82, 2.24) is 10.2 Å². The molecule has 1 saturated heterocycles. The molecule has 1 heterocycles. The zero-order chi connectivity index (χ0) is 20.5. The van der Waals surface area contributed by atoms with E-state index >= 15 is 0 Å². The van der Waals surface area contributed by atoms with Gasteiger partial charge in [0.25, 0.3) is 0 Å². The summed E-state index contributed by atoms with van der Waals surface area (Å²) in [7, 11) is 0. The second kappa shape index (κ2) is 5.58. The number of hydrogen-bond acceptors (Lipinski definition) is 4. The van der Waals surface area contributed by atoms with Gasteiger partial charge in [-0.15, -0.1) is 0 Å². The minimum atomic E-state index is -5.27. The second-order valence-electron chi connectivity index (χ2n) is 8.67. The second-order valence-corrected chi connectivity index (χ2v) is 8.67. The van der Waals surface area contributed by atoms with Gasteiger partial charge < -0.3 is 16.2 Å². The van der Waals surface area contributed by atoms with E-state index in [4.69, 9.17) is 5.73 Å². The van der Waals surface area contributed by atoms with E-state index in [9.17, 15) is 32.7 Å². The number of nitrogens with one attached hydrogen (secondary N) is 1. The van der Waals surface area contributed by atoms with E-state index in [-0.39, 0.29) is 23.8 Å². The number of halogens is 3. The van der Waals surface area contributed by atoms with Crippen molar-refractivity contribution in [3.63, 3.8) is 0 Å². The van der Waals surface area contributed by atoms with Crippen LogP contribution in [-0.2, 0) is 14.4 Å². The number of carboxylic acid groups (broad SMARTS) is 1. The molecule has 1 aliphatic carbocycles. The van der Waals surface area contributed by atoms with Crippen LogP contribution in [0.25, 0.3) is 0 Å². The maximum atomic E-state index is 12.9. The molecule has 0 aromatic carbocycles. The summed E-state index contributed by atoms with van der Waals surface area (Å²) >= 11 is 0. The van der Waals surface area contributed by atoms with Crippen molar-refractivity contribution < 1.29 is 32.7 Å². The van der Waals surface area contributed by atoms with Crippen molar-refractivity contribution in [2.75, 3.05) is 6.54 Å². The number of alkyl halides is 3. The van der Waals surface area contributed by atoms with Crippen molar-refractivity contribution in [3.8, 4) is 0 Å². The summed E-state index contributed by atoms with van der Waals surface area (Å²) in [6.07, 6.45) is -5.27. The average molecular weight is 379 g/mol. The van der Waals surface area contributed by atoms with Crippen molar-refractivity contribution >= 4 is 17.8 Å². The van der Waals surface area contributed by atoms with Gasteiger partial charge in [-0.2, -0.15) is 13.2 Å². The van der Waals surface area contributed by atoms with Crippen LogP contribution >= 0.6 is 0 Å². The fraction of sp³-hybridized carbons (Fsp3) is 0.812. The lowest BCUT2D eigenvalue weighted by molar-refractivity contribution is -0.190. The fourth-order valence-electron chi connectivity index (χ4n) is 4.38. The number of hydrogen-bond donors (Lipinski definition) is 3. The number of primary amides is 1. The summed E-state index contributed by atoms with van der Waals surface area (Å²) in [5.74, 6) is -5.24. The Morgan fingerprint density at radius 1 is 1.19 bits per heavy atom. The van der Waals surface area contributed by atoms with Crippen LogP contribution in [0.2, 0.25) is 0 Å². The first-order valence-corrected chi connectivity index (χ1v) is 8.18. The standard InChI is InChI=1S/C16H24F3N3O4/c1-13(2,3)15(12(25)26,21-11(24)16(17,18)19)22-6-7-8(14(7,4)5)9(22)10(20)23/h7-9H,6H2,1-5H3,(H2,20,23)(H,21,24)(H,25,26)/t7?,8?,9?,15-/m0/s1. The van der Waals surface area contributed by atoms with Crippen LogP contribution in [0.1, 0.15) is 34.6 Å². The molecule has 3 unspecified atom stereocenters. The van der Waals surface area contributed by atoms with Gasteiger partial charge >= 0.3 is 18.1 Å². The van der Waals surface area contributed by atoms with Crippen LogP contribution in [0.4, 0.5) is 13.2 Å². The number of carboxylic acids is 1. The lowest BCUT2D eigenvalue weighted by atomic mass is 9.77. The predicted octanol–water partition coefficient (Wildman–Crippen LogP) is 0.934. The lowest BCUT2D eigenvalue weighted by Gasteiger charge is -2.50. The molecular weight excluding hydrogens is 355 g/mol. The Balaban J connectivity index is 2.56. The van der Waals surface area contributed by atoms with E-state index in [2.05, 4.69) is 0 Å². The number of nitrogens with zero attached hydrogens (tertiary/aromatic N) is 1. The molecule has 0 aromatic rings. The summed E-state index contributed by atoms with van der Waals surface area (Å²) in [5, 5.41) is 11.5. The summed E-state index contributed by atoms with van der Waals surface area (Å²) in [4.78, 5) is 37.0. The van der Waals surface area contributed by atoms with E-state index in [1.165, 1.54) is 20.8 Å². The van der Waals surface area contributed by atoms with Gasteiger partial charge in [-0.3, -0.25) is 14.5 Å². The Morgan fingerprint density at radius 2 is 1.69 bits per heavy atom. The molecular formula is C16H24F3N3O4. The Morgan fingerprint density at radius 3 is 2.04 bits per heavy atom. The first-order chi connectivity index (χ1) is 11.5. The molecule has 148 valence electrons. The van der Waals surface area contributed by atoms with Crippen LogP contribution in [-0.4, -0.2) is 52.2 Å². The molecule has 0 radical (unpaired) electrons. The molecule has 0 spiro atoms. The van der Waals surface area contributed by atoms with E-state index in [1.807, 2.05) is 13.8 Å². The van der Waals surface area contributed by atoms with E-state index in [1.54, 1.807) is 5.32 Å². The lowest BCUT2D eigenvalue weighted by Crippen LogP contribution is -2.75. The molecule has 0 aromatic heterocycles. The largest absolute Gasteiger partial charge is 0.478 e. The van der Waals surface area contributed by atoms with Crippen LogP contribution < -0.4 is 11.1 Å². The van der Waals surface area contributed by atoms with E-state index in [0.29, 0.717) is 0 Å². The molecule has 7 nitrogen and oxygen atoms in total. The van der Waals surface area contributed by atoms with Gasteiger partial charge in [-0.25, -0.2) is 4.79 Å². The molecule has 1 aliphatic heterocycles. The maximum absolute atomic E-state index is 12.9. The number of fused-ring (bicyclic) bond motifs is 1. The first-order valence-electron chi connectivity index (χ1n) is 8.18. The van der Waals surface area contributed by atoms with Gasteiger partial charge in [-0.1, -0.05) is 34.6 Å². The Hall–Kier alpha value is -1.84. The topological polar surface area (TPSA) is 113 Å². The third kappa shape index (κ3) is 2.74. The fourth-order valence-corrected chi connectivity index (χ4v) is 4.38. The summed E-state index contributed by atoms with van der Waals surface area (Å²) in [6, 6.07) is -1.08. The monoisotopic (exact) mass is 379 g/mol. The summed E-state index contributed by atoms with van der Waals surface area (Å²) in [6.45, 7) is 8.01. The van der Waals surface area contributed by atoms with Gasteiger partial charge in [0.2, 0.25) is 5.91 Å². The number of carbonyl (C=O) groups excluding carboxylic acids is 2. The highest BCUT2D eigenvalue weighted by molar-refractivity contribution is 5.91. The normalized spacial score (nSPS) is 30.2. The number of piperidine rings is 1. The minimum absolute atomic E-state index is 0.0486. The van der Waals surface area contributed by atoms with Crippen LogP contribution in [0.15, 0.2) is 0 Å². The third-order valence-electron chi connectivity index (χ3n) is 5.88. The molecule has 2 rings (SSSR count). The number of nitrogens with two attached hydrogens (primary N) is 1. The highest BCUT2D eigenvalue weighted by Crippen LogP contribution is 2.66. The first kappa shape index (κ1) is 20.5. The van der Waals surface area contributed by atoms with E-state index < -0.39 is 41.1 Å². The van der Waals surface area contributed by atoms with Gasteiger partial charge in [0.1, 0.15) is 0 Å². The zero-order valence-electron chi connectivity index (χ0n) is 15.3. The number of rotatable bonds is 4. The minimum Gasteiger partial charge on any atom is -0.478 e. The molecule has 0 bridgehead atoms. The molecule has 2 fully saturated rings. The van der Waals surface area contributed by atoms with Crippen molar-refractivity contribution in [2.24, 2.45) is 28.4 Å².